The van der Waals surface area contributed by atoms with Crippen LogP contribution in [0.25, 0.3) is 10.2 Å². The molecule has 0 saturated carbocycles. The van der Waals surface area contributed by atoms with Gasteiger partial charge in [-0.05, 0) is 38.7 Å². The van der Waals surface area contributed by atoms with Gasteiger partial charge in [-0.15, -0.1) is 25.6 Å². The third kappa shape index (κ3) is 7.09. The van der Waals surface area contributed by atoms with Crippen LogP contribution in [0.5, 0.6) is 5.75 Å². The first kappa shape index (κ1) is 24.9. The van der Waals surface area contributed by atoms with E-state index in [0.717, 1.165) is 11.1 Å². The molecule has 0 spiro atoms. The van der Waals surface area contributed by atoms with Crippen molar-refractivity contribution in [2.75, 3.05) is 32.1 Å². The summed E-state index contributed by atoms with van der Waals surface area (Å²) in [5, 5.41) is 0.452. The summed E-state index contributed by atoms with van der Waals surface area (Å²) < 4.78 is 42.0. The molecule has 31 heavy (non-hydrogen) atoms. The Balaban J connectivity index is 0.00000341. The number of carbonyl (C=O) groups is 1. The second kappa shape index (κ2) is 10.3. The van der Waals surface area contributed by atoms with Gasteiger partial charge in [-0.3, -0.25) is 9.69 Å². The Kier molecular flexibility index (Phi) is 8.27. The molecule has 0 saturated heterocycles. The molecular formula is C21H23ClF3N3O2S. The SMILES string of the molecule is Cc1ccc(CC(=O)N(CCN(C)C)c2nc3ccc(OC(F)(F)F)cc3s2)cc1.Cl. The molecule has 168 valence electrons. The summed E-state index contributed by atoms with van der Waals surface area (Å²) in [4.78, 5) is 21.1. The van der Waals surface area contributed by atoms with Gasteiger partial charge < -0.3 is 9.64 Å². The summed E-state index contributed by atoms with van der Waals surface area (Å²) in [7, 11) is 3.81. The maximum atomic E-state index is 13.0. The summed E-state index contributed by atoms with van der Waals surface area (Å²) in [6.07, 6.45) is -4.55. The van der Waals surface area contributed by atoms with E-state index >= 15 is 0 Å². The zero-order chi connectivity index (χ0) is 21.9. The lowest BCUT2D eigenvalue weighted by Gasteiger charge is -2.22. The molecule has 10 heteroatoms. The summed E-state index contributed by atoms with van der Waals surface area (Å²) in [5.74, 6) is -0.428. The number of thiazole rings is 1. The number of nitrogens with zero attached hydrogens (tertiary/aromatic N) is 3. The fourth-order valence-corrected chi connectivity index (χ4v) is 3.85. The normalized spacial score (nSPS) is 11.5. The Labute approximate surface area is 188 Å². The van der Waals surface area contributed by atoms with Crippen LogP contribution in [-0.4, -0.2) is 49.3 Å². The number of likely N-dealkylation sites (N-methyl/N-ethyl adjacent to an activating group) is 1. The number of amides is 1. The van der Waals surface area contributed by atoms with Crippen molar-refractivity contribution in [3.05, 3.63) is 53.6 Å². The van der Waals surface area contributed by atoms with E-state index < -0.39 is 6.36 Å². The van der Waals surface area contributed by atoms with E-state index in [4.69, 9.17) is 0 Å². The van der Waals surface area contributed by atoms with E-state index in [1.54, 1.807) is 4.90 Å². The van der Waals surface area contributed by atoms with Gasteiger partial charge >= 0.3 is 6.36 Å². The number of anilines is 1. The van der Waals surface area contributed by atoms with Gasteiger partial charge in [-0.2, -0.15) is 0 Å². The number of halogens is 4. The third-order valence-corrected chi connectivity index (χ3v) is 5.40. The second-order valence-corrected chi connectivity index (χ2v) is 8.19. The minimum Gasteiger partial charge on any atom is -0.406 e. The van der Waals surface area contributed by atoms with Crippen molar-refractivity contribution in [3.63, 3.8) is 0 Å². The number of aromatic nitrogens is 1. The summed E-state index contributed by atoms with van der Waals surface area (Å²) in [6.45, 7) is 3.02. The van der Waals surface area contributed by atoms with Crippen LogP contribution in [0.4, 0.5) is 18.3 Å². The number of fused-ring (bicyclic) bond motifs is 1. The zero-order valence-electron chi connectivity index (χ0n) is 17.3. The Morgan fingerprint density at radius 3 is 2.39 bits per heavy atom. The molecule has 3 aromatic rings. The van der Waals surface area contributed by atoms with Gasteiger partial charge in [0.1, 0.15) is 5.75 Å². The molecule has 1 heterocycles. The molecule has 0 fully saturated rings. The van der Waals surface area contributed by atoms with Crippen LogP contribution in [0.1, 0.15) is 11.1 Å². The quantitative estimate of drug-likeness (QED) is 0.481. The first-order chi connectivity index (χ1) is 14.1. The van der Waals surface area contributed by atoms with Crippen LogP contribution >= 0.6 is 23.7 Å². The van der Waals surface area contributed by atoms with E-state index in [1.165, 1.54) is 29.5 Å². The van der Waals surface area contributed by atoms with Gasteiger partial charge in [-0.25, -0.2) is 4.98 Å². The van der Waals surface area contributed by atoms with Crippen LogP contribution in [0.3, 0.4) is 0 Å². The Morgan fingerprint density at radius 2 is 1.77 bits per heavy atom. The molecule has 1 aromatic heterocycles. The van der Waals surface area contributed by atoms with Gasteiger partial charge in [-0.1, -0.05) is 41.2 Å². The largest absolute Gasteiger partial charge is 0.573 e. The zero-order valence-corrected chi connectivity index (χ0v) is 18.9. The summed E-state index contributed by atoms with van der Waals surface area (Å²) >= 11 is 1.17. The van der Waals surface area contributed by atoms with Crippen molar-refractivity contribution in [1.82, 2.24) is 9.88 Å². The van der Waals surface area contributed by atoms with Crippen molar-refractivity contribution in [1.29, 1.82) is 0 Å². The van der Waals surface area contributed by atoms with Crippen molar-refractivity contribution in [2.45, 2.75) is 19.7 Å². The fraction of sp³-hybridized carbons (Fsp3) is 0.333. The number of aryl methyl sites for hydroxylation is 1. The maximum Gasteiger partial charge on any atom is 0.573 e. The van der Waals surface area contributed by atoms with Gasteiger partial charge in [0.15, 0.2) is 5.13 Å². The molecule has 0 bridgehead atoms. The number of rotatable bonds is 7. The van der Waals surface area contributed by atoms with Crippen molar-refractivity contribution >= 4 is 45.0 Å². The lowest BCUT2D eigenvalue weighted by molar-refractivity contribution is -0.274. The smallest absolute Gasteiger partial charge is 0.406 e. The number of carbonyl (C=O) groups excluding carboxylic acids is 1. The predicted octanol–water partition coefficient (Wildman–Crippen LogP) is 5.06. The van der Waals surface area contributed by atoms with Crippen molar-refractivity contribution in [2.24, 2.45) is 0 Å². The molecule has 0 N–H and O–H groups in total. The fourth-order valence-electron chi connectivity index (χ4n) is 2.81. The molecule has 1 amide bonds. The van der Waals surface area contributed by atoms with Crippen LogP contribution < -0.4 is 9.64 Å². The first-order valence-corrected chi connectivity index (χ1v) is 10.1. The lowest BCUT2D eigenvalue weighted by atomic mass is 10.1. The molecule has 0 atom stereocenters. The number of hydrogen-bond donors (Lipinski definition) is 0. The highest BCUT2D eigenvalue weighted by atomic mass is 35.5. The van der Waals surface area contributed by atoms with E-state index in [-0.39, 0.29) is 30.5 Å². The third-order valence-electron chi connectivity index (χ3n) is 4.36. The standard InChI is InChI=1S/C21H22F3N3O2S.ClH/c1-14-4-6-15(7-5-14)12-19(28)27(11-10-26(2)3)20-25-17-9-8-16(13-18(17)30-20)29-21(22,23)24;/h4-9,13H,10-12H2,1-3H3;1H. The highest BCUT2D eigenvalue weighted by Gasteiger charge is 2.31. The first-order valence-electron chi connectivity index (χ1n) is 9.28. The average molecular weight is 474 g/mol. The molecule has 2 aromatic carbocycles. The number of ether oxygens (including phenoxy) is 1. The monoisotopic (exact) mass is 473 g/mol. The highest BCUT2D eigenvalue weighted by molar-refractivity contribution is 7.22. The Morgan fingerprint density at radius 1 is 1.10 bits per heavy atom. The number of hydrogen-bond acceptors (Lipinski definition) is 5. The van der Waals surface area contributed by atoms with Crippen LogP contribution in [0.2, 0.25) is 0 Å². The molecule has 0 aliphatic carbocycles. The molecule has 3 rings (SSSR count). The van der Waals surface area contributed by atoms with Gasteiger partial charge in [0.25, 0.3) is 0 Å². The van der Waals surface area contributed by atoms with E-state index in [1.807, 2.05) is 50.2 Å². The molecule has 0 aliphatic rings. The number of alkyl halides is 3. The lowest BCUT2D eigenvalue weighted by Crippen LogP contribution is -2.37. The van der Waals surface area contributed by atoms with Gasteiger partial charge in [0, 0.05) is 19.2 Å². The maximum absolute atomic E-state index is 13.0. The second-order valence-electron chi connectivity index (χ2n) is 7.18. The minimum absolute atomic E-state index is 0. The van der Waals surface area contributed by atoms with E-state index in [9.17, 15) is 18.0 Å². The minimum atomic E-state index is -4.76. The van der Waals surface area contributed by atoms with E-state index in [2.05, 4.69) is 9.72 Å². The Bertz CT molecular complexity index is 1020. The molecular weight excluding hydrogens is 451 g/mol. The highest BCUT2D eigenvalue weighted by Crippen LogP contribution is 2.33. The van der Waals surface area contributed by atoms with Crippen LogP contribution in [0, 0.1) is 6.92 Å². The summed E-state index contributed by atoms with van der Waals surface area (Å²) in [5.41, 5.74) is 2.52. The van der Waals surface area contributed by atoms with Gasteiger partial charge in [0.2, 0.25) is 5.91 Å². The topological polar surface area (TPSA) is 45.7 Å². The van der Waals surface area contributed by atoms with Crippen molar-refractivity contribution in [3.8, 4) is 5.75 Å². The number of benzene rings is 2. The summed E-state index contributed by atoms with van der Waals surface area (Å²) in [6, 6.07) is 11.7. The van der Waals surface area contributed by atoms with E-state index in [0.29, 0.717) is 28.4 Å². The predicted molar refractivity (Wildman–Crippen MR) is 119 cm³/mol. The van der Waals surface area contributed by atoms with Crippen LogP contribution in [-0.2, 0) is 11.2 Å². The molecule has 5 nitrogen and oxygen atoms in total. The van der Waals surface area contributed by atoms with Gasteiger partial charge in [0.05, 0.1) is 16.6 Å². The Hall–Kier alpha value is -2.36. The molecule has 0 aliphatic heterocycles. The average Bonchev–Trinajstić information content (AvgIpc) is 3.05. The van der Waals surface area contributed by atoms with Crippen molar-refractivity contribution < 1.29 is 22.7 Å². The molecule has 0 unspecified atom stereocenters. The molecule has 0 radical (unpaired) electrons. The van der Waals surface area contributed by atoms with Crippen LogP contribution in [0.15, 0.2) is 42.5 Å².